The Kier molecular flexibility index (Phi) is 5.26. The maximum absolute atomic E-state index is 9.40. The molecule has 0 saturated carbocycles. The van der Waals surface area contributed by atoms with Gasteiger partial charge in [0.05, 0.1) is 6.61 Å². The molecule has 2 nitrogen and oxygen atoms in total. The molecule has 1 rings (SSSR count). The average molecular weight is 292 g/mol. The minimum Gasteiger partial charge on any atom is -0.394 e. The van der Waals surface area contributed by atoms with Crippen molar-refractivity contribution in [3.8, 4) is 0 Å². The van der Waals surface area contributed by atoms with Crippen molar-refractivity contribution >= 4 is 27.3 Å². The van der Waals surface area contributed by atoms with Crippen LogP contribution in [0.4, 0.5) is 0 Å². The quantitative estimate of drug-likeness (QED) is 0.844. The van der Waals surface area contributed by atoms with Crippen LogP contribution in [0.3, 0.4) is 0 Å². The van der Waals surface area contributed by atoms with Gasteiger partial charge in [0, 0.05) is 21.4 Å². The molecule has 0 unspecified atom stereocenters. The lowest BCUT2D eigenvalue weighted by Crippen LogP contribution is -2.46. The molecule has 0 spiro atoms. The molecule has 15 heavy (non-hydrogen) atoms. The Hall–Kier alpha value is 0.100. The molecule has 0 aliphatic carbocycles. The third-order valence-corrected chi connectivity index (χ3v) is 4.90. The summed E-state index contributed by atoms with van der Waals surface area (Å²) in [5.41, 5.74) is -0.122. The van der Waals surface area contributed by atoms with E-state index in [0.717, 1.165) is 23.9 Å². The molecule has 0 aliphatic heterocycles. The molecular formula is C11H18BrNOS. The van der Waals surface area contributed by atoms with Crippen LogP contribution in [-0.2, 0) is 6.54 Å². The standard InChI is InChI=1S/C11H18BrNOS/c1-3-11(4-2,8-14)13-7-10-9(12)5-6-15-10/h5-6,13-14H,3-4,7-8H2,1-2H3. The Morgan fingerprint density at radius 1 is 1.47 bits per heavy atom. The molecule has 0 aliphatic rings. The lowest BCUT2D eigenvalue weighted by atomic mass is 9.94. The van der Waals surface area contributed by atoms with Gasteiger partial charge in [0.2, 0.25) is 0 Å². The fraction of sp³-hybridized carbons (Fsp3) is 0.636. The van der Waals surface area contributed by atoms with Crippen molar-refractivity contribution in [1.82, 2.24) is 5.32 Å². The van der Waals surface area contributed by atoms with Crippen molar-refractivity contribution in [1.29, 1.82) is 0 Å². The Balaban J connectivity index is 2.58. The molecule has 4 heteroatoms. The van der Waals surface area contributed by atoms with E-state index in [0.29, 0.717) is 0 Å². The van der Waals surface area contributed by atoms with Crippen LogP contribution in [-0.4, -0.2) is 17.3 Å². The Bertz CT molecular complexity index is 288. The predicted molar refractivity (Wildman–Crippen MR) is 69.3 cm³/mol. The van der Waals surface area contributed by atoms with Crippen LogP contribution in [0.5, 0.6) is 0 Å². The van der Waals surface area contributed by atoms with Gasteiger partial charge in [-0.2, -0.15) is 0 Å². The highest BCUT2D eigenvalue weighted by Crippen LogP contribution is 2.24. The molecule has 0 amide bonds. The van der Waals surface area contributed by atoms with Gasteiger partial charge in [-0.25, -0.2) is 0 Å². The Morgan fingerprint density at radius 2 is 2.13 bits per heavy atom. The van der Waals surface area contributed by atoms with Crippen molar-refractivity contribution in [3.05, 3.63) is 20.8 Å². The number of hydrogen-bond acceptors (Lipinski definition) is 3. The van der Waals surface area contributed by atoms with Gasteiger partial charge in [0.25, 0.3) is 0 Å². The second kappa shape index (κ2) is 5.99. The number of halogens is 1. The first-order valence-corrected chi connectivity index (χ1v) is 6.92. The third-order valence-electron chi connectivity index (χ3n) is 2.97. The number of nitrogens with one attached hydrogen (secondary N) is 1. The summed E-state index contributed by atoms with van der Waals surface area (Å²) in [6, 6.07) is 2.06. The molecule has 1 aromatic heterocycles. The van der Waals surface area contributed by atoms with Crippen LogP contribution in [0.1, 0.15) is 31.6 Å². The number of aliphatic hydroxyl groups is 1. The normalized spacial score (nSPS) is 12.0. The monoisotopic (exact) mass is 291 g/mol. The molecular weight excluding hydrogens is 274 g/mol. The molecule has 0 bridgehead atoms. The van der Waals surface area contributed by atoms with E-state index in [2.05, 4.69) is 46.5 Å². The summed E-state index contributed by atoms with van der Waals surface area (Å²) in [7, 11) is 0. The summed E-state index contributed by atoms with van der Waals surface area (Å²) in [6.07, 6.45) is 1.89. The fourth-order valence-electron chi connectivity index (χ4n) is 1.50. The highest BCUT2D eigenvalue weighted by Gasteiger charge is 2.24. The lowest BCUT2D eigenvalue weighted by Gasteiger charge is -2.30. The predicted octanol–water partition coefficient (Wildman–Crippen LogP) is 3.15. The molecule has 0 atom stereocenters. The van der Waals surface area contributed by atoms with Gasteiger partial charge in [-0.1, -0.05) is 13.8 Å². The second-order valence-electron chi connectivity index (χ2n) is 3.69. The van der Waals surface area contributed by atoms with Crippen LogP contribution in [0.25, 0.3) is 0 Å². The third kappa shape index (κ3) is 3.28. The first-order valence-electron chi connectivity index (χ1n) is 5.25. The van der Waals surface area contributed by atoms with Crippen molar-refractivity contribution in [3.63, 3.8) is 0 Å². The van der Waals surface area contributed by atoms with Crippen LogP contribution in [0.15, 0.2) is 15.9 Å². The van der Waals surface area contributed by atoms with E-state index in [1.165, 1.54) is 4.88 Å². The van der Waals surface area contributed by atoms with Crippen LogP contribution in [0.2, 0.25) is 0 Å². The minimum absolute atomic E-state index is 0.122. The highest BCUT2D eigenvalue weighted by molar-refractivity contribution is 9.10. The average Bonchev–Trinajstić information content (AvgIpc) is 2.67. The maximum Gasteiger partial charge on any atom is 0.0613 e. The summed E-state index contributed by atoms with van der Waals surface area (Å²) in [5, 5.41) is 14.9. The number of thiophene rings is 1. The van der Waals surface area contributed by atoms with E-state index in [1.807, 2.05) is 0 Å². The van der Waals surface area contributed by atoms with E-state index >= 15 is 0 Å². The molecule has 1 aromatic rings. The van der Waals surface area contributed by atoms with Crippen molar-refractivity contribution < 1.29 is 5.11 Å². The van der Waals surface area contributed by atoms with Gasteiger partial charge < -0.3 is 10.4 Å². The van der Waals surface area contributed by atoms with E-state index in [-0.39, 0.29) is 12.1 Å². The molecule has 0 aromatic carbocycles. The van der Waals surface area contributed by atoms with Gasteiger partial charge in [-0.05, 0) is 40.2 Å². The van der Waals surface area contributed by atoms with Gasteiger partial charge in [0.1, 0.15) is 0 Å². The molecule has 1 heterocycles. The molecule has 0 fully saturated rings. The van der Waals surface area contributed by atoms with Crippen LogP contribution >= 0.6 is 27.3 Å². The van der Waals surface area contributed by atoms with Gasteiger partial charge >= 0.3 is 0 Å². The summed E-state index contributed by atoms with van der Waals surface area (Å²) in [4.78, 5) is 1.29. The smallest absolute Gasteiger partial charge is 0.0613 e. The fourth-order valence-corrected chi connectivity index (χ4v) is 2.93. The number of aliphatic hydroxyl groups excluding tert-OH is 1. The number of rotatable bonds is 6. The summed E-state index contributed by atoms with van der Waals surface area (Å²) < 4.78 is 1.15. The zero-order chi connectivity index (χ0) is 11.3. The van der Waals surface area contributed by atoms with E-state index in [9.17, 15) is 5.11 Å². The molecule has 2 N–H and O–H groups in total. The minimum atomic E-state index is -0.122. The zero-order valence-electron chi connectivity index (χ0n) is 9.22. The van der Waals surface area contributed by atoms with Gasteiger partial charge in [0.15, 0.2) is 0 Å². The van der Waals surface area contributed by atoms with Crippen LogP contribution < -0.4 is 5.32 Å². The van der Waals surface area contributed by atoms with Crippen molar-refractivity contribution in [2.24, 2.45) is 0 Å². The van der Waals surface area contributed by atoms with E-state index in [4.69, 9.17) is 0 Å². The van der Waals surface area contributed by atoms with Crippen LogP contribution in [0, 0.1) is 0 Å². The summed E-state index contributed by atoms with van der Waals surface area (Å²) in [6.45, 7) is 5.23. The second-order valence-corrected chi connectivity index (χ2v) is 5.55. The van der Waals surface area contributed by atoms with Crippen molar-refractivity contribution in [2.45, 2.75) is 38.8 Å². The van der Waals surface area contributed by atoms with Gasteiger partial charge in [-0.15, -0.1) is 11.3 Å². The highest BCUT2D eigenvalue weighted by atomic mass is 79.9. The Labute approximate surface area is 104 Å². The Morgan fingerprint density at radius 3 is 2.53 bits per heavy atom. The molecule has 86 valence electrons. The molecule has 0 saturated heterocycles. The SMILES string of the molecule is CCC(CC)(CO)NCc1sccc1Br. The summed E-state index contributed by atoms with van der Waals surface area (Å²) >= 11 is 5.24. The van der Waals surface area contributed by atoms with Crippen molar-refractivity contribution in [2.75, 3.05) is 6.61 Å². The number of hydrogen-bond donors (Lipinski definition) is 2. The lowest BCUT2D eigenvalue weighted by molar-refractivity contribution is 0.150. The topological polar surface area (TPSA) is 32.3 Å². The first-order chi connectivity index (χ1) is 7.17. The maximum atomic E-state index is 9.40. The van der Waals surface area contributed by atoms with E-state index < -0.39 is 0 Å². The molecule has 0 radical (unpaired) electrons. The largest absolute Gasteiger partial charge is 0.394 e. The van der Waals surface area contributed by atoms with E-state index in [1.54, 1.807) is 11.3 Å². The zero-order valence-corrected chi connectivity index (χ0v) is 11.6. The summed E-state index contributed by atoms with van der Waals surface area (Å²) in [5.74, 6) is 0. The first kappa shape index (κ1) is 13.2. The van der Waals surface area contributed by atoms with Gasteiger partial charge in [-0.3, -0.25) is 0 Å².